The van der Waals surface area contributed by atoms with Crippen molar-refractivity contribution in [3.05, 3.63) is 33.3 Å². The number of aryl methyl sites for hydroxylation is 1. The van der Waals surface area contributed by atoms with Crippen molar-refractivity contribution in [1.82, 2.24) is 0 Å². The highest BCUT2D eigenvalue weighted by atomic mass is 35.5. The first kappa shape index (κ1) is 8.59. The Morgan fingerprint density at radius 1 is 1.46 bits per heavy atom. The molecule has 0 unspecified atom stereocenters. The molecule has 0 fully saturated rings. The molecule has 1 aromatic carbocycles. The number of fused-ring (bicyclic) bond motifs is 1. The molecule has 1 aliphatic rings. The van der Waals surface area contributed by atoms with Crippen LogP contribution in [-0.2, 0) is 12.8 Å². The Morgan fingerprint density at radius 3 is 2.92 bits per heavy atom. The van der Waals surface area contributed by atoms with Crippen LogP contribution in [0.15, 0.2) is 6.07 Å². The van der Waals surface area contributed by atoms with Gasteiger partial charge in [0.15, 0.2) is 0 Å². The van der Waals surface area contributed by atoms with Crippen LogP contribution >= 0.6 is 11.6 Å². The van der Waals surface area contributed by atoms with Gasteiger partial charge in [0.25, 0.3) is 0 Å². The van der Waals surface area contributed by atoms with Gasteiger partial charge in [-0.1, -0.05) is 11.6 Å². The molecule has 0 saturated heterocycles. The molecule has 0 spiro atoms. The molecule has 2 heteroatoms. The van der Waals surface area contributed by atoms with E-state index in [2.05, 4.69) is 6.07 Å². The number of halogens is 1. The number of nitriles is 1. The predicted octanol–water partition coefficient (Wildman–Crippen LogP) is 3.01. The number of hydrogen-bond acceptors (Lipinski definition) is 1. The van der Waals surface area contributed by atoms with Crippen LogP contribution in [0.4, 0.5) is 0 Å². The van der Waals surface area contributed by atoms with Crippen molar-refractivity contribution in [1.29, 1.82) is 5.26 Å². The summed E-state index contributed by atoms with van der Waals surface area (Å²) in [5.74, 6) is 0. The maximum atomic E-state index is 9.00. The Labute approximate surface area is 82.9 Å². The second-order valence-electron chi connectivity index (χ2n) is 3.46. The molecule has 0 N–H and O–H groups in total. The molecule has 0 saturated carbocycles. The molecule has 0 aliphatic heterocycles. The van der Waals surface area contributed by atoms with E-state index in [0.29, 0.717) is 0 Å². The van der Waals surface area contributed by atoms with Crippen molar-refractivity contribution in [2.75, 3.05) is 0 Å². The molecular formula is C11H10ClN. The van der Waals surface area contributed by atoms with E-state index < -0.39 is 0 Å². The molecular weight excluding hydrogens is 182 g/mol. The topological polar surface area (TPSA) is 23.8 Å². The Morgan fingerprint density at radius 2 is 2.23 bits per heavy atom. The minimum atomic E-state index is 0.734. The van der Waals surface area contributed by atoms with E-state index in [1.54, 1.807) is 0 Å². The summed E-state index contributed by atoms with van der Waals surface area (Å²) >= 11 is 6.03. The zero-order chi connectivity index (χ0) is 9.42. The third kappa shape index (κ3) is 1.22. The highest BCUT2D eigenvalue weighted by Crippen LogP contribution is 2.31. The van der Waals surface area contributed by atoms with Crippen LogP contribution < -0.4 is 0 Å². The van der Waals surface area contributed by atoms with E-state index in [9.17, 15) is 0 Å². The molecule has 1 aromatic rings. The maximum absolute atomic E-state index is 9.00. The molecule has 0 radical (unpaired) electrons. The lowest BCUT2D eigenvalue weighted by Crippen LogP contribution is -1.93. The summed E-state index contributed by atoms with van der Waals surface area (Å²) in [6, 6.07) is 4.27. The lowest BCUT2D eigenvalue weighted by atomic mass is 9.99. The summed E-state index contributed by atoms with van der Waals surface area (Å²) in [6.45, 7) is 1.92. The Hall–Kier alpha value is -1.00. The highest BCUT2D eigenvalue weighted by Gasteiger charge is 2.18. The molecule has 1 aliphatic carbocycles. The van der Waals surface area contributed by atoms with Crippen LogP contribution in [-0.4, -0.2) is 0 Å². The quantitative estimate of drug-likeness (QED) is 0.619. The van der Waals surface area contributed by atoms with Crippen LogP contribution in [0, 0.1) is 18.3 Å². The molecule has 0 heterocycles. The van der Waals surface area contributed by atoms with Gasteiger partial charge in [0.05, 0.1) is 11.6 Å². The van der Waals surface area contributed by atoms with Gasteiger partial charge in [-0.3, -0.25) is 0 Å². The largest absolute Gasteiger partial charge is 0.192 e. The first-order valence-corrected chi connectivity index (χ1v) is 4.83. The maximum Gasteiger partial charge on any atom is 0.0997 e. The van der Waals surface area contributed by atoms with Crippen molar-refractivity contribution < 1.29 is 0 Å². The first-order valence-electron chi connectivity index (χ1n) is 4.45. The van der Waals surface area contributed by atoms with E-state index in [4.69, 9.17) is 16.9 Å². The standard InChI is InChI=1S/C11H10ClN/c1-7-10(6-13)9-4-2-3-8(9)5-11(7)12/h5H,2-4H2,1H3. The Kier molecular flexibility index (Phi) is 2.01. The van der Waals surface area contributed by atoms with Crippen LogP contribution in [0.25, 0.3) is 0 Å². The van der Waals surface area contributed by atoms with Gasteiger partial charge in [-0.15, -0.1) is 0 Å². The van der Waals surface area contributed by atoms with Gasteiger partial charge in [0.1, 0.15) is 0 Å². The van der Waals surface area contributed by atoms with Gasteiger partial charge in [-0.25, -0.2) is 0 Å². The van der Waals surface area contributed by atoms with Crippen molar-refractivity contribution in [2.45, 2.75) is 26.2 Å². The van der Waals surface area contributed by atoms with Gasteiger partial charge < -0.3 is 0 Å². The first-order chi connectivity index (χ1) is 6.24. The molecule has 0 bridgehead atoms. The van der Waals surface area contributed by atoms with Crippen molar-refractivity contribution >= 4 is 11.6 Å². The molecule has 2 rings (SSSR count). The smallest absolute Gasteiger partial charge is 0.0997 e. The van der Waals surface area contributed by atoms with Gasteiger partial charge >= 0.3 is 0 Å². The van der Waals surface area contributed by atoms with Gasteiger partial charge in [0, 0.05) is 5.02 Å². The van der Waals surface area contributed by atoms with Gasteiger partial charge in [0.2, 0.25) is 0 Å². The molecule has 1 nitrogen and oxygen atoms in total. The fourth-order valence-electron chi connectivity index (χ4n) is 1.97. The van der Waals surface area contributed by atoms with Crippen LogP contribution in [0.5, 0.6) is 0 Å². The fourth-order valence-corrected chi connectivity index (χ4v) is 2.20. The third-order valence-electron chi connectivity index (χ3n) is 2.71. The summed E-state index contributed by atoms with van der Waals surface area (Å²) in [4.78, 5) is 0. The van der Waals surface area contributed by atoms with Crippen LogP contribution in [0.2, 0.25) is 5.02 Å². The fraction of sp³-hybridized carbons (Fsp3) is 0.364. The number of nitrogens with zero attached hydrogens (tertiary/aromatic N) is 1. The molecule has 66 valence electrons. The zero-order valence-electron chi connectivity index (χ0n) is 7.52. The average Bonchev–Trinajstić information content (AvgIpc) is 2.54. The van der Waals surface area contributed by atoms with Gasteiger partial charge in [-0.05, 0) is 48.9 Å². The minimum absolute atomic E-state index is 0.734. The Balaban J connectivity index is 2.73. The van der Waals surface area contributed by atoms with Gasteiger partial charge in [-0.2, -0.15) is 5.26 Å². The molecule has 0 atom stereocenters. The van der Waals surface area contributed by atoms with Crippen LogP contribution in [0.1, 0.15) is 28.7 Å². The normalized spacial score (nSPS) is 13.9. The Bertz CT molecular complexity index is 402. The predicted molar refractivity (Wildman–Crippen MR) is 52.9 cm³/mol. The third-order valence-corrected chi connectivity index (χ3v) is 3.10. The summed E-state index contributed by atoms with van der Waals surface area (Å²) in [7, 11) is 0. The lowest BCUT2D eigenvalue weighted by molar-refractivity contribution is 0.910. The molecule has 0 aromatic heterocycles. The number of rotatable bonds is 0. The molecule has 0 amide bonds. The second kappa shape index (κ2) is 3.05. The number of hydrogen-bond donors (Lipinski definition) is 0. The van der Waals surface area contributed by atoms with Crippen LogP contribution in [0.3, 0.4) is 0 Å². The van der Waals surface area contributed by atoms with Crippen molar-refractivity contribution in [3.8, 4) is 6.07 Å². The van der Waals surface area contributed by atoms with Crippen molar-refractivity contribution in [2.24, 2.45) is 0 Å². The van der Waals surface area contributed by atoms with E-state index in [0.717, 1.165) is 35.4 Å². The van der Waals surface area contributed by atoms with E-state index in [1.165, 1.54) is 11.1 Å². The lowest BCUT2D eigenvalue weighted by Gasteiger charge is -2.06. The summed E-state index contributed by atoms with van der Waals surface area (Å²) in [5, 5.41) is 9.73. The monoisotopic (exact) mass is 191 g/mol. The summed E-state index contributed by atoms with van der Waals surface area (Å²) in [5.41, 5.74) is 4.24. The highest BCUT2D eigenvalue weighted by molar-refractivity contribution is 6.31. The average molecular weight is 192 g/mol. The summed E-state index contributed by atoms with van der Waals surface area (Å²) < 4.78 is 0. The SMILES string of the molecule is Cc1c(Cl)cc2c(c1C#N)CCC2. The number of benzene rings is 1. The van der Waals surface area contributed by atoms with Crippen molar-refractivity contribution in [3.63, 3.8) is 0 Å². The van der Waals surface area contributed by atoms with E-state index in [-0.39, 0.29) is 0 Å². The molecule has 13 heavy (non-hydrogen) atoms. The zero-order valence-corrected chi connectivity index (χ0v) is 8.28. The van der Waals surface area contributed by atoms with E-state index in [1.807, 2.05) is 13.0 Å². The second-order valence-corrected chi connectivity index (χ2v) is 3.87. The minimum Gasteiger partial charge on any atom is -0.192 e. The summed E-state index contributed by atoms with van der Waals surface area (Å²) in [6.07, 6.45) is 3.27. The van der Waals surface area contributed by atoms with E-state index >= 15 is 0 Å².